The first-order chi connectivity index (χ1) is 23.3. The Kier molecular flexibility index (Phi) is 16.4. The zero-order chi connectivity index (χ0) is 36.4. The number of hydrogen-bond acceptors (Lipinski definition) is 18. The van der Waals surface area contributed by atoms with Crippen LogP contribution in [-0.2, 0) is 47.5 Å². The number of rotatable bonds is 16. The number of hydrogen-bond donors (Lipinski definition) is 10. The molecule has 3 rings (SSSR count). The lowest BCUT2D eigenvalue weighted by Crippen LogP contribution is -2.69. The Morgan fingerprint density at radius 2 is 1.08 bits per heavy atom. The molecule has 10 N–H and O–H groups in total. The van der Waals surface area contributed by atoms with Crippen LogP contribution >= 0.6 is 0 Å². The Bertz CT molecular complexity index is 1060. The summed E-state index contributed by atoms with van der Waals surface area (Å²) in [4.78, 5) is 35.4. The van der Waals surface area contributed by atoms with E-state index in [1.165, 1.54) is 7.11 Å². The highest BCUT2D eigenvalue weighted by Crippen LogP contribution is 2.33. The summed E-state index contributed by atoms with van der Waals surface area (Å²) >= 11 is 0. The summed E-state index contributed by atoms with van der Waals surface area (Å²) in [5, 5.41) is 88.6. The van der Waals surface area contributed by atoms with Crippen LogP contribution in [-0.4, -0.2) is 184 Å². The van der Waals surface area contributed by atoms with Crippen LogP contribution in [0.2, 0.25) is 0 Å². The van der Waals surface area contributed by atoms with E-state index in [9.17, 15) is 55.2 Å². The molecule has 0 aliphatic carbocycles. The molecule has 0 unspecified atom stereocenters. The minimum absolute atomic E-state index is 0.00193. The van der Waals surface area contributed by atoms with Gasteiger partial charge < -0.3 is 84.6 Å². The number of carbonyl (C=O) groups excluding carboxylic acids is 3. The number of methoxy groups -OCH3 is 1. The molecule has 0 spiro atoms. The van der Waals surface area contributed by atoms with Crippen molar-refractivity contribution < 1.29 is 88.4 Å². The summed E-state index contributed by atoms with van der Waals surface area (Å²) in [7, 11) is 1.28. The minimum Gasteiger partial charge on any atom is -0.469 e. The first-order valence-corrected chi connectivity index (χ1v) is 16.0. The molecule has 0 aromatic carbocycles. The molecule has 3 saturated heterocycles. The molecular formula is C29H50N2O18. The molecule has 0 radical (unpaired) electrons. The van der Waals surface area contributed by atoms with Gasteiger partial charge in [-0.05, 0) is 12.8 Å². The number of ether oxygens (including phenoxy) is 7. The number of carbonyl (C=O) groups is 3. The zero-order valence-corrected chi connectivity index (χ0v) is 27.5. The maximum Gasteiger partial charge on any atom is 0.305 e. The topological polar surface area (TPSA) is 302 Å². The van der Waals surface area contributed by atoms with E-state index in [4.69, 9.17) is 28.4 Å². The Labute approximate surface area is 282 Å². The van der Waals surface area contributed by atoms with Crippen LogP contribution in [0.5, 0.6) is 0 Å². The van der Waals surface area contributed by atoms with Crippen molar-refractivity contribution in [2.45, 2.75) is 132 Å². The molecule has 0 aromatic heterocycles. The highest BCUT2D eigenvalue weighted by molar-refractivity contribution is 5.73. The van der Waals surface area contributed by atoms with E-state index in [-0.39, 0.29) is 19.0 Å². The Morgan fingerprint density at radius 1 is 0.612 bits per heavy atom. The van der Waals surface area contributed by atoms with Crippen molar-refractivity contribution in [1.29, 1.82) is 0 Å². The summed E-state index contributed by atoms with van der Waals surface area (Å²) in [6.07, 6.45) is -18.9. The van der Waals surface area contributed by atoms with Gasteiger partial charge in [-0.2, -0.15) is 0 Å². The molecule has 0 aromatic rings. The van der Waals surface area contributed by atoms with Crippen molar-refractivity contribution in [1.82, 2.24) is 10.6 Å². The van der Waals surface area contributed by atoms with E-state index in [0.29, 0.717) is 19.3 Å². The molecule has 15 atom stereocenters. The van der Waals surface area contributed by atoms with Gasteiger partial charge in [-0.1, -0.05) is 6.42 Å². The number of aliphatic hydroxyl groups excluding tert-OH is 8. The van der Waals surface area contributed by atoms with Gasteiger partial charge >= 0.3 is 5.97 Å². The quantitative estimate of drug-likeness (QED) is 0.0527. The average molecular weight is 715 g/mol. The molecule has 3 heterocycles. The highest BCUT2D eigenvalue weighted by atomic mass is 16.8. The lowest BCUT2D eigenvalue weighted by atomic mass is 9.94. The van der Waals surface area contributed by atoms with Gasteiger partial charge in [0.2, 0.25) is 11.8 Å². The molecule has 49 heavy (non-hydrogen) atoms. The maximum absolute atomic E-state index is 12.0. The molecular weight excluding hydrogens is 664 g/mol. The summed E-state index contributed by atoms with van der Waals surface area (Å²) in [5.74, 6) is -1.67. The fourth-order valence-electron chi connectivity index (χ4n) is 5.82. The maximum atomic E-state index is 12.0. The Balaban J connectivity index is 1.90. The van der Waals surface area contributed by atoms with E-state index in [0.717, 1.165) is 13.8 Å². The molecule has 3 fully saturated rings. The summed E-state index contributed by atoms with van der Waals surface area (Å²) in [6, 6.07) is -2.85. The van der Waals surface area contributed by atoms with Crippen LogP contribution in [0.15, 0.2) is 0 Å². The molecule has 0 saturated carbocycles. The fraction of sp³-hybridized carbons (Fsp3) is 0.897. The number of aliphatic hydroxyl groups is 8. The summed E-state index contributed by atoms with van der Waals surface area (Å²) in [5.41, 5.74) is 0. The molecule has 284 valence electrons. The monoisotopic (exact) mass is 714 g/mol. The lowest BCUT2D eigenvalue weighted by Gasteiger charge is -2.49. The van der Waals surface area contributed by atoms with Crippen molar-refractivity contribution in [3.8, 4) is 0 Å². The van der Waals surface area contributed by atoms with Crippen LogP contribution in [0.3, 0.4) is 0 Å². The van der Waals surface area contributed by atoms with Crippen molar-refractivity contribution >= 4 is 17.8 Å². The molecule has 3 aliphatic heterocycles. The van der Waals surface area contributed by atoms with E-state index in [1.54, 1.807) is 0 Å². The van der Waals surface area contributed by atoms with Crippen molar-refractivity contribution in [2.75, 3.05) is 33.5 Å². The molecule has 3 aliphatic rings. The van der Waals surface area contributed by atoms with Gasteiger partial charge in [-0.15, -0.1) is 0 Å². The van der Waals surface area contributed by atoms with Gasteiger partial charge in [0.1, 0.15) is 73.1 Å². The van der Waals surface area contributed by atoms with Gasteiger partial charge in [-0.3, -0.25) is 14.4 Å². The third-order valence-electron chi connectivity index (χ3n) is 8.42. The first-order valence-electron chi connectivity index (χ1n) is 16.0. The number of amides is 2. The van der Waals surface area contributed by atoms with E-state index >= 15 is 0 Å². The van der Waals surface area contributed by atoms with E-state index in [1.807, 2.05) is 0 Å². The van der Waals surface area contributed by atoms with Crippen molar-refractivity contribution in [2.24, 2.45) is 0 Å². The number of esters is 1. The fourth-order valence-corrected chi connectivity index (χ4v) is 5.82. The SMILES string of the molecule is COC(=O)CCCCCO[C@H]1O[C@H](CO)[C@H](O[C@@H]2O[C@H](CO)[C@@H](O)[C@H](O)[C@@H]2NC(C)=O)[C@H](O)[C@H]1O[C@@H]1O[C@H](CO)[C@@H](O)[C@H](O)[C@@H]1NC(C)=O. The van der Waals surface area contributed by atoms with E-state index < -0.39 is 124 Å². The van der Waals surface area contributed by atoms with Gasteiger partial charge in [-0.25, -0.2) is 0 Å². The van der Waals surface area contributed by atoms with Gasteiger partial charge in [0.25, 0.3) is 0 Å². The number of unbranched alkanes of at least 4 members (excludes halogenated alkanes) is 2. The molecule has 2 amide bonds. The van der Waals surface area contributed by atoms with E-state index in [2.05, 4.69) is 15.4 Å². The van der Waals surface area contributed by atoms with Gasteiger partial charge in [0.05, 0.1) is 26.9 Å². The minimum atomic E-state index is -1.81. The third-order valence-corrected chi connectivity index (χ3v) is 8.42. The lowest BCUT2D eigenvalue weighted by molar-refractivity contribution is -0.375. The second kappa shape index (κ2) is 19.5. The van der Waals surface area contributed by atoms with Crippen LogP contribution < -0.4 is 10.6 Å². The predicted molar refractivity (Wildman–Crippen MR) is 159 cm³/mol. The highest BCUT2D eigenvalue weighted by Gasteiger charge is 2.54. The first kappa shape index (κ1) is 41.3. The van der Waals surface area contributed by atoms with Crippen LogP contribution in [0, 0.1) is 0 Å². The predicted octanol–water partition coefficient (Wildman–Crippen LogP) is -5.53. The summed E-state index contributed by atoms with van der Waals surface area (Å²) < 4.78 is 39.7. The Hall–Kier alpha value is -2.15. The van der Waals surface area contributed by atoms with Crippen molar-refractivity contribution in [3.63, 3.8) is 0 Å². The smallest absolute Gasteiger partial charge is 0.305 e. The van der Waals surface area contributed by atoms with Crippen LogP contribution in [0.4, 0.5) is 0 Å². The van der Waals surface area contributed by atoms with Crippen LogP contribution in [0.1, 0.15) is 39.5 Å². The van der Waals surface area contributed by atoms with Crippen molar-refractivity contribution in [3.05, 3.63) is 0 Å². The normalized spacial score (nSPS) is 39.6. The summed E-state index contributed by atoms with van der Waals surface area (Å²) in [6.45, 7) is -0.0284. The molecule has 20 nitrogen and oxygen atoms in total. The number of nitrogens with one attached hydrogen (secondary N) is 2. The molecule has 0 bridgehead atoms. The van der Waals surface area contributed by atoms with Crippen LogP contribution in [0.25, 0.3) is 0 Å². The molecule has 20 heteroatoms. The standard InChI is InChI=1S/C29H50N2O18/c1-12(35)30-18-22(40)20(38)14(9-32)45-27(18)48-25-16(11-34)47-29(44-8-6-4-5-7-17(37)43-3)26(24(25)42)49-28-19(31-13(2)36)23(41)21(39)15(10-33)46-28/h14-16,18-29,32-34,38-42H,4-11H2,1-3H3,(H,30,35)(H,31,36)/t14-,15-,16-,18+,19+,20-,21-,22-,23-,24+,25+,26-,27+,28+,29+/m1/s1. The average Bonchev–Trinajstić information content (AvgIpc) is 3.07. The van der Waals surface area contributed by atoms with Gasteiger partial charge in [0, 0.05) is 26.9 Å². The zero-order valence-electron chi connectivity index (χ0n) is 27.5. The second-order valence-corrected chi connectivity index (χ2v) is 12.0. The largest absolute Gasteiger partial charge is 0.469 e. The van der Waals surface area contributed by atoms with Gasteiger partial charge in [0.15, 0.2) is 18.9 Å². The second-order valence-electron chi connectivity index (χ2n) is 12.0. The Morgan fingerprint density at radius 3 is 1.53 bits per heavy atom. The third kappa shape index (κ3) is 10.7.